The van der Waals surface area contributed by atoms with Gasteiger partial charge in [0.25, 0.3) is 5.91 Å². The first-order valence-electron chi connectivity index (χ1n) is 8.16. The van der Waals surface area contributed by atoms with Gasteiger partial charge < -0.3 is 21.9 Å². The van der Waals surface area contributed by atoms with Crippen LogP contribution in [0.1, 0.15) is 22.2 Å². The third-order valence-electron chi connectivity index (χ3n) is 3.59. The number of amides is 1. The molecule has 0 radical (unpaired) electrons. The summed E-state index contributed by atoms with van der Waals surface area (Å²) in [5, 5.41) is 13.0. The van der Waals surface area contributed by atoms with Gasteiger partial charge in [-0.3, -0.25) is 4.79 Å². The summed E-state index contributed by atoms with van der Waals surface area (Å²) in [5.74, 6) is -0.658. The van der Waals surface area contributed by atoms with Crippen LogP contribution < -0.4 is 16.8 Å². The first-order chi connectivity index (χ1) is 13.1. The van der Waals surface area contributed by atoms with Crippen LogP contribution in [0, 0.1) is 0 Å². The number of hydrogen-bond donors (Lipinski definition) is 4. The fourth-order valence-corrected chi connectivity index (χ4v) is 2.94. The third kappa shape index (κ3) is 5.74. The molecule has 0 aliphatic heterocycles. The van der Waals surface area contributed by atoms with E-state index >= 15 is 0 Å². The SMILES string of the molecule is CCc1cnc(-c2cc(O)cc(C(=O)NC/C(N)=C/C=C(\N)C(F)(F)F)c2)s1. The summed E-state index contributed by atoms with van der Waals surface area (Å²) in [4.78, 5) is 17.6. The molecule has 0 saturated heterocycles. The molecule has 6 nitrogen and oxygen atoms in total. The number of allylic oxidation sites excluding steroid dienone is 3. The molecule has 1 heterocycles. The minimum atomic E-state index is -4.65. The van der Waals surface area contributed by atoms with Gasteiger partial charge in [0.2, 0.25) is 0 Å². The zero-order chi connectivity index (χ0) is 20.9. The number of aromatic hydroxyl groups is 1. The van der Waals surface area contributed by atoms with Crippen LogP contribution in [0.2, 0.25) is 0 Å². The molecule has 0 saturated carbocycles. The summed E-state index contributed by atoms with van der Waals surface area (Å²) < 4.78 is 36.9. The van der Waals surface area contributed by atoms with Crippen LogP contribution >= 0.6 is 11.3 Å². The number of hydrogen-bond acceptors (Lipinski definition) is 6. The van der Waals surface area contributed by atoms with Gasteiger partial charge in [0, 0.05) is 27.9 Å². The van der Waals surface area contributed by atoms with E-state index in [-0.39, 0.29) is 23.6 Å². The molecule has 1 aromatic carbocycles. The number of rotatable bonds is 6. The Morgan fingerprint density at radius 1 is 1.29 bits per heavy atom. The lowest BCUT2D eigenvalue weighted by atomic mass is 10.1. The van der Waals surface area contributed by atoms with E-state index in [4.69, 9.17) is 11.5 Å². The van der Waals surface area contributed by atoms with Gasteiger partial charge in [-0.25, -0.2) is 4.98 Å². The lowest BCUT2D eigenvalue weighted by Gasteiger charge is -2.08. The molecule has 0 aliphatic rings. The van der Waals surface area contributed by atoms with Gasteiger partial charge in [-0.2, -0.15) is 13.2 Å². The largest absolute Gasteiger partial charge is 0.508 e. The van der Waals surface area contributed by atoms with Crippen LogP contribution in [0.5, 0.6) is 5.75 Å². The monoisotopic (exact) mass is 412 g/mol. The predicted molar refractivity (Wildman–Crippen MR) is 102 cm³/mol. The molecule has 6 N–H and O–H groups in total. The van der Waals surface area contributed by atoms with Gasteiger partial charge in [0.1, 0.15) is 16.5 Å². The van der Waals surface area contributed by atoms with E-state index in [1.807, 2.05) is 6.92 Å². The Hall–Kier alpha value is -3.01. The van der Waals surface area contributed by atoms with Gasteiger partial charge in [-0.05, 0) is 36.8 Å². The number of phenolic OH excluding ortho intramolecular Hbond substituents is 1. The number of phenols is 1. The summed E-state index contributed by atoms with van der Waals surface area (Å²) >= 11 is 1.45. The Balaban J connectivity index is 2.10. The van der Waals surface area contributed by atoms with Crippen LogP contribution in [0.3, 0.4) is 0 Å². The van der Waals surface area contributed by atoms with Crippen molar-refractivity contribution >= 4 is 17.2 Å². The number of aromatic nitrogens is 1. The smallest absolute Gasteiger partial charge is 0.430 e. The Labute approximate surface area is 163 Å². The van der Waals surface area contributed by atoms with E-state index in [2.05, 4.69) is 10.3 Å². The lowest BCUT2D eigenvalue weighted by molar-refractivity contribution is -0.0926. The molecular formula is C18H19F3N4O2S. The topological polar surface area (TPSA) is 114 Å². The van der Waals surface area contributed by atoms with Gasteiger partial charge >= 0.3 is 6.18 Å². The lowest BCUT2D eigenvalue weighted by Crippen LogP contribution is -2.28. The summed E-state index contributed by atoms with van der Waals surface area (Å²) in [5.41, 5.74) is 9.88. The molecule has 0 spiro atoms. The van der Waals surface area contributed by atoms with Crippen LogP contribution in [0.25, 0.3) is 10.6 Å². The molecule has 1 aromatic heterocycles. The summed E-state index contributed by atoms with van der Waals surface area (Å²) in [6.45, 7) is 1.80. The van der Waals surface area contributed by atoms with Crippen LogP contribution in [0.15, 0.2) is 47.9 Å². The quantitative estimate of drug-likeness (QED) is 0.545. The van der Waals surface area contributed by atoms with E-state index < -0.39 is 17.8 Å². The Bertz CT molecular complexity index is 920. The van der Waals surface area contributed by atoms with Gasteiger partial charge in [0.05, 0.1) is 6.54 Å². The molecule has 150 valence electrons. The molecule has 2 rings (SSSR count). The number of alkyl halides is 3. The van der Waals surface area contributed by atoms with Gasteiger partial charge in [0.15, 0.2) is 0 Å². The van der Waals surface area contributed by atoms with E-state index in [9.17, 15) is 23.1 Å². The normalized spacial score (nSPS) is 12.9. The Morgan fingerprint density at radius 3 is 2.61 bits per heavy atom. The zero-order valence-electron chi connectivity index (χ0n) is 14.9. The highest BCUT2D eigenvalue weighted by atomic mass is 32.1. The van der Waals surface area contributed by atoms with Crippen molar-refractivity contribution in [3.05, 3.63) is 58.4 Å². The molecule has 0 fully saturated rings. The number of carbonyl (C=O) groups is 1. The summed E-state index contributed by atoms with van der Waals surface area (Å²) in [6.07, 6.45) is -0.496. The number of nitrogens with zero attached hydrogens (tertiary/aromatic N) is 1. The van der Waals surface area contributed by atoms with Crippen LogP contribution in [0.4, 0.5) is 13.2 Å². The Morgan fingerprint density at radius 2 is 2.00 bits per heavy atom. The van der Waals surface area contributed by atoms with E-state index in [0.717, 1.165) is 17.4 Å². The maximum Gasteiger partial charge on any atom is 0.430 e. The van der Waals surface area contributed by atoms with E-state index in [1.165, 1.54) is 23.5 Å². The summed E-state index contributed by atoms with van der Waals surface area (Å²) in [6, 6.07) is 4.33. The first-order valence-corrected chi connectivity index (χ1v) is 8.98. The second kappa shape index (κ2) is 8.79. The fraction of sp³-hybridized carbons (Fsp3) is 0.222. The number of thiazole rings is 1. The molecule has 0 unspecified atom stereocenters. The molecule has 10 heteroatoms. The molecular weight excluding hydrogens is 393 g/mol. The van der Waals surface area contributed by atoms with Crippen LogP contribution in [-0.2, 0) is 6.42 Å². The number of nitrogens with two attached hydrogens (primary N) is 2. The van der Waals surface area contributed by atoms with Crippen LogP contribution in [-0.4, -0.2) is 28.7 Å². The van der Waals surface area contributed by atoms with Gasteiger partial charge in [-0.15, -0.1) is 11.3 Å². The second-order valence-electron chi connectivity index (χ2n) is 5.80. The average molecular weight is 412 g/mol. The highest BCUT2D eigenvalue weighted by Gasteiger charge is 2.30. The summed E-state index contributed by atoms with van der Waals surface area (Å²) in [7, 11) is 0. The molecule has 0 aliphatic carbocycles. The fourth-order valence-electron chi connectivity index (χ4n) is 2.10. The van der Waals surface area contributed by atoms with Gasteiger partial charge in [-0.1, -0.05) is 6.92 Å². The number of nitrogens with one attached hydrogen (secondary N) is 1. The first kappa shape index (κ1) is 21.3. The van der Waals surface area contributed by atoms with Crippen molar-refractivity contribution in [3.63, 3.8) is 0 Å². The second-order valence-corrected chi connectivity index (χ2v) is 6.91. The van der Waals surface area contributed by atoms with E-state index in [1.54, 1.807) is 12.3 Å². The molecule has 28 heavy (non-hydrogen) atoms. The Kier molecular flexibility index (Phi) is 6.68. The van der Waals surface area contributed by atoms with Crippen molar-refractivity contribution in [2.45, 2.75) is 19.5 Å². The highest BCUT2D eigenvalue weighted by molar-refractivity contribution is 7.15. The third-order valence-corrected chi connectivity index (χ3v) is 4.78. The highest BCUT2D eigenvalue weighted by Crippen LogP contribution is 2.29. The maximum atomic E-state index is 12.3. The maximum absolute atomic E-state index is 12.3. The van der Waals surface area contributed by atoms with Crippen molar-refractivity contribution in [1.29, 1.82) is 0 Å². The van der Waals surface area contributed by atoms with Crippen molar-refractivity contribution in [3.8, 4) is 16.3 Å². The zero-order valence-corrected chi connectivity index (χ0v) is 15.7. The molecule has 0 bridgehead atoms. The molecule has 1 amide bonds. The van der Waals surface area contributed by atoms with Crippen molar-refractivity contribution in [1.82, 2.24) is 10.3 Å². The number of halogens is 3. The minimum Gasteiger partial charge on any atom is -0.508 e. The van der Waals surface area contributed by atoms with Crippen molar-refractivity contribution in [2.75, 3.05) is 6.54 Å². The average Bonchev–Trinajstić information content (AvgIpc) is 3.12. The number of benzene rings is 1. The predicted octanol–water partition coefficient (Wildman–Crippen LogP) is 3.06. The number of aryl methyl sites for hydroxylation is 1. The molecule has 0 atom stereocenters. The molecule has 2 aromatic rings. The minimum absolute atomic E-state index is 0.0200. The van der Waals surface area contributed by atoms with E-state index in [0.29, 0.717) is 16.6 Å². The van der Waals surface area contributed by atoms with Crippen molar-refractivity contribution in [2.24, 2.45) is 11.5 Å². The van der Waals surface area contributed by atoms with Crippen molar-refractivity contribution < 1.29 is 23.1 Å². The number of carbonyl (C=O) groups excluding carboxylic acids is 1. The standard InChI is InChI=1S/C18H19F3N4O2S/c1-2-14-9-25-17(28-14)11-5-10(6-13(26)7-11)16(27)24-8-12(22)3-4-15(23)18(19,20)21/h3-7,9,26H,2,8,22-23H2,1H3,(H,24,27)/b12-3-,15-4-.